The maximum Gasteiger partial charge on any atom is 0.419 e. The van der Waals surface area contributed by atoms with E-state index in [0.29, 0.717) is 5.75 Å². The van der Waals surface area contributed by atoms with Gasteiger partial charge in [-0.05, 0) is 31.5 Å². The molecule has 2 rings (SSSR count). The molecule has 1 N–H and O–H groups in total. The highest BCUT2D eigenvalue weighted by Gasteiger charge is 2.08. The van der Waals surface area contributed by atoms with E-state index in [0.717, 1.165) is 17.8 Å². The SMILES string of the molecule is CCc1cc(C)nc(NC(=O)Oc2ccccc2)n1. The Bertz CT molecular complexity index is 570. The first kappa shape index (κ1) is 13.0. The molecule has 1 amide bonds. The number of nitrogens with one attached hydrogen (secondary N) is 1. The topological polar surface area (TPSA) is 64.1 Å². The minimum atomic E-state index is -0.598. The van der Waals surface area contributed by atoms with E-state index >= 15 is 0 Å². The molecule has 0 unspecified atom stereocenters. The van der Waals surface area contributed by atoms with E-state index in [1.54, 1.807) is 24.3 Å². The van der Waals surface area contributed by atoms with Crippen LogP contribution in [0.4, 0.5) is 10.7 Å². The lowest BCUT2D eigenvalue weighted by atomic mass is 10.3. The van der Waals surface area contributed by atoms with Gasteiger partial charge in [0.25, 0.3) is 0 Å². The number of amides is 1. The van der Waals surface area contributed by atoms with Crippen LogP contribution in [0.15, 0.2) is 36.4 Å². The largest absolute Gasteiger partial charge is 0.419 e. The average molecular weight is 257 g/mol. The number of ether oxygens (including phenoxy) is 1. The van der Waals surface area contributed by atoms with Crippen LogP contribution in [-0.4, -0.2) is 16.1 Å². The van der Waals surface area contributed by atoms with Gasteiger partial charge in [-0.3, -0.25) is 5.32 Å². The molecule has 0 saturated carbocycles. The zero-order chi connectivity index (χ0) is 13.7. The molecular formula is C14H15N3O2. The predicted molar refractivity (Wildman–Crippen MR) is 72.2 cm³/mol. The molecule has 98 valence electrons. The Hall–Kier alpha value is -2.43. The summed E-state index contributed by atoms with van der Waals surface area (Å²) in [4.78, 5) is 20.0. The second-order valence-electron chi connectivity index (χ2n) is 4.01. The summed E-state index contributed by atoms with van der Waals surface area (Å²) >= 11 is 0. The molecule has 2 aromatic rings. The van der Waals surface area contributed by atoms with Crippen LogP contribution in [0.25, 0.3) is 0 Å². The average Bonchev–Trinajstić information content (AvgIpc) is 2.38. The molecule has 0 atom stereocenters. The molecule has 0 saturated heterocycles. The second kappa shape index (κ2) is 5.95. The number of para-hydroxylation sites is 1. The van der Waals surface area contributed by atoms with E-state index in [-0.39, 0.29) is 5.95 Å². The van der Waals surface area contributed by atoms with Crippen LogP contribution in [0.3, 0.4) is 0 Å². The number of hydrogen-bond donors (Lipinski definition) is 1. The van der Waals surface area contributed by atoms with E-state index in [9.17, 15) is 4.79 Å². The summed E-state index contributed by atoms with van der Waals surface area (Å²) in [5, 5.41) is 2.52. The van der Waals surface area contributed by atoms with Crippen LogP contribution in [0.5, 0.6) is 5.75 Å². The van der Waals surface area contributed by atoms with Gasteiger partial charge in [0.15, 0.2) is 0 Å². The first-order chi connectivity index (χ1) is 9.17. The van der Waals surface area contributed by atoms with Crippen molar-refractivity contribution in [3.63, 3.8) is 0 Å². The van der Waals surface area contributed by atoms with Gasteiger partial charge < -0.3 is 4.74 Å². The third-order valence-corrected chi connectivity index (χ3v) is 2.44. The van der Waals surface area contributed by atoms with Gasteiger partial charge >= 0.3 is 6.09 Å². The number of benzene rings is 1. The molecule has 0 aliphatic heterocycles. The lowest BCUT2D eigenvalue weighted by Crippen LogP contribution is -2.19. The van der Waals surface area contributed by atoms with Crippen molar-refractivity contribution in [1.29, 1.82) is 0 Å². The van der Waals surface area contributed by atoms with Gasteiger partial charge in [-0.25, -0.2) is 14.8 Å². The van der Waals surface area contributed by atoms with Crippen LogP contribution in [0.1, 0.15) is 18.3 Å². The summed E-state index contributed by atoms with van der Waals surface area (Å²) < 4.78 is 5.10. The molecule has 1 aromatic carbocycles. The Morgan fingerprint density at radius 2 is 2.00 bits per heavy atom. The standard InChI is InChI=1S/C14H15N3O2/c1-3-11-9-10(2)15-13(16-11)17-14(18)19-12-7-5-4-6-8-12/h4-9H,3H2,1-2H3,(H,15,16,17,18). The summed E-state index contributed by atoms with van der Waals surface area (Å²) in [6.07, 6.45) is 0.185. The highest BCUT2D eigenvalue weighted by atomic mass is 16.6. The van der Waals surface area contributed by atoms with E-state index in [2.05, 4.69) is 15.3 Å². The molecule has 1 aromatic heterocycles. The highest BCUT2D eigenvalue weighted by molar-refractivity contribution is 5.84. The number of anilines is 1. The Labute approximate surface area is 111 Å². The van der Waals surface area contributed by atoms with Crippen LogP contribution in [0, 0.1) is 6.92 Å². The second-order valence-corrected chi connectivity index (χ2v) is 4.01. The third-order valence-electron chi connectivity index (χ3n) is 2.44. The number of carbonyl (C=O) groups is 1. The van der Waals surface area contributed by atoms with E-state index in [1.807, 2.05) is 26.0 Å². The lowest BCUT2D eigenvalue weighted by molar-refractivity contribution is 0.215. The molecular weight excluding hydrogens is 242 g/mol. The summed E-state index contributed by atoms with van der Waals surface area (Å²) in [5.74, 6) is 0.737. The van der Waals surface area contributed by atoms with Gasteiger partial charge in [0.1, 0.15) is 5.75 Å². The van der Waals surface area contributed by atoms with Gasteiger partial charge in [0.05, 0.1) is 0 Å². The van der Waals surface area contributed by atoms with Crippen LogP contribution in [-0.2, 0) is 6.42 Å². The number of hydrogen-bond acceptors (Lipinski definition) is 4. The molecule has 0 aliphatic carbocycles. The molecule has 19 heavy (non-hydrogen) atoms. The molecule has 1 heterocycles. The van der Waals surface area contributed by atoms with Gasteiger partial charge in [0, 0.05) is 11.4 Å². The molecule has 5 heteroatoms. The maximum absolute atomic E-state index is 11.7. The minimum Gasteiger partial charge on any atom is -0.410 e. The summed E-state index contributed by atoms with van der Waals surface area (Å²) in [7, 11) is 0. The van der Waals surface area contributed by atoms with E-state index in [1.165, 1.54) is 0 Å². The van der Waals surface area contributed by atoms with Gasteiger partial charge in [-0.15, -0.1) is 0 Å². The lowest BCUT2D eigenvalue weighted by Gasteiger charge is -2.07. The summed E-state index contributed by atoms with van der Waals surface area (Å²) in [6, 6.07) is 10.7. The van der Waals surface area contributed by atoms with Gasteiger partial charge in [0.2, 0.25) is 5.95 Å². The smallest absolute Gasteiger partial charge is 0.410 e. The highest BCUT2D eigenvalue weighted by Crippen LogP contribution is 2.10. The number of nitrogens with zero attached hydrogens (tertiary/aromatic N) is 2. The monoisotopic (exact) mass is 257 g/mol. The fraction of sp³-hybridized carbons (Fsp3) is 0.214. The van der Waals surface area contributed by atoms with Crippen molar-refractivity contribution in [2.75, 3.05) is 5.32 Å². The van der Waals surface area contributed by atoms with Crippen molar-refractivity contribution in [3.05, 3.63) is 47.8 Å². The van der Waals surface area contributed by atoms with Crippen LogP contribution in [0.2, 0.25) is 0 Å². The first-order valence-electron chi connectivity index (χ1n) is 6.06. The number of rotatable bonds is 3. The van der Waals surface area contributed by atoms with Crippen molar-refractivity contribution in [2.24, 2.45) is 0 Å². The van der Waals surface area contributed by atoms with Gasteiger partial charge in [-0.2, -0.15) is 0 Å². The number of aryl methyl sites for hydroxylation is 2. The predicted octanol–water partition coefficient (Wildman–Crippen LogP) is 2.96. The first-order valence-corrected chi connectivity index (χ1v) is 6.06. The van der Waals surface area contributed by atoms with E-state index < -0.39 is 6.09 Å². The minimum absolute atomic E-state index is 0.262. The maximum atomic E-state index is 11.7. The Morgan fingerprint density at radius 3 is 2.68 bits per heavy atom. The fourth-order valence-electron chi connectivity index (χ4n) is 1.58. The summed E-state index contributed by atoms with van der Waals surface area (Å²) in [6.45, 7) is 3.85. The number of carbonyl (C=O) groups excluding carboxylic acids is 1. The van der Waals surface area contributed by atoms with Crippen molar-refractivity contribution in [1.82, 2.24) is 9.97 Å². The van der Waals surface area contributed by atoms with Crippen molar-refractivity contribution < 1.29 is 9.53 Å². The van der Waals surface area contributed by atoms with E-state index in [4.69, 9.17) is 4.74 Å². The Morgan fingerprint density at radius 1 is 1.26 bits per heavy atom. The zero-order valence-electron chi connectivity index (χ0n) is 10.9. The molecule has 0 bridgehead atoms. The normalized spacial score (nSPS) is 10.0. The third kappa shape index (κ3) is 3.77. The fourth-order valence-corrected chi connectivity index (χ4v) is 1.58. The van der Waals surface area contributed by atoms with Crippen molar-refractivity contribution in [3.8, 4) is 5.75 Å². The molecule has 0 radical (unpaired) electrons. The molecule has 0 spiro atoms. The summed E-state index contributed by atoms with van der Waals surface area (Å²) in [5.41, 5.74) is 1.68. The molecule has 0 fully saturated rings. The molecule has 0 aliphatic rings. The quantitative estimate of drug-likeness (QED) is 0.918. The van der Waals surface area contributed by atoms with Gasteiger partial charge in [-0.1, -0.05) is 25.1 Å². The van der Waals surface area contributed by atoms with Crippen molar-refractivity contribution >= 4 is 12.0 Å². The van der Waals surface area contributed by atoms with Crippen molar-refractivity contribution in [2.45, 2.75) is 20.3 Å². The zero-order valence-corrected chi connectivity index (χ0v) is 10.9. The van der Waals surface area contributed by atoms with Crippen LogP contribution < -0.4 is 10.1 Å². The van der Waals surface area contributed by atoms with Crippen LogP contribution >= 0.6 is 0 Å². The number of aromatic nitrogens is 2. The molecule has 5 nitrogen and oxygen atoms in total. The Balaban J connectivity index is 2.05. The Kier molecular flexibility index (Phi) is 4.07.